The van der Waals surface area contributed by atoms with E-state index in [1.54, 1.807) is 12.1 Å². The molecule has 0 bridgehead atoms. The Bertz CT molecular complexity index is 1150. The topological polar surface area (TPSA) is 75.0 Å². The van der Waals surface area contributed by atoms with E-state index in [2.05, 4.69) is 15.1 Å². The number of carbonyl (C=O) groups excluding carboxylic acids is 1. The molecule has 2 aromatic carbocycles. The van der Waals surface area contributed by atoms with Gasteiger partial charge in [0.05, 0.1) is 13.2 Å². The summed E-state index contributed by atoms with van der Waals surface area (Å²) in [6.45, 7) is 8.80. The van der Waals surface area contributed by atoms with Crippen LogP contribution in [0.5, 0.6) is 5.75 Å². The molecule has 7 heteroatoms. The monoisotopic (exact) mass is 435 g/mol. The SMILES string of the molecule is CCOc1ccc2oc(=O)cc(CN3CCN(CC(=O)Nc4cccc(C)c4)CC3)c2c1. The lowest BCUT2D eigenvalue weighted by Crippen LogP contribution is -2.48. The second kappa shape index (κ2) is 9.97. The summed E-state index contributed by atoms with van der Waals surface area (Å²) in [7, 11) is 0. The minimum absolute atomic E-state index is 0.000773. The van der Waals surface area contributed by atoms with Crippen LogP contribution in [-0.2, 0) is 11.3 Å². The molecule has 0 saturated carbocycles. The van der Waals surface area contributed by atoms with Crippen LogP contribution in [0.1, 0.15) is 18.1 Å². The number of amides is 1. The number of hydrogen-bond acceptors (Lipinski definition) is 6. The molecule has 0 spiro atoms. The zero-order valence-electron chi connectivity index (χ0n) is 18.6. The number of carbonyl (C=O) groups is 1. The molecule has 1 N–H and O–H groups in total. The van der Waals surface area contributed by atoms with Gasteiger partial charge in [-0.2, -0.15) is 0 Å². The van der Waals surface area contributed by atoms with Gasteiger partial charge in [-0.25, -0.2) is 4.79 Å². The number of nitrogens with zero attached hydrogens (tertiary/aromatic N) is 2. The molecule has 0 aliphatic carbocycles. The molecule has 32 heavy (non-hydrogen) atoms. The van der Waals surface area contributed by atoms with E-state index in [0.29, 0.717) is 25.3 Å². The summed E-state index contributed by atoms with van der Waals surface area (Å²) in [4.78, 5) is 28.9. The number of nitrogens with one attached hydrogen (secondary N) is 1. The minimum atomic E-state index is -0.344. The highest BCUT2D eigenvalue weighted by Gasteiger charge is 2.20. The number of hydrogen-bond donors (Lipinski definition) is 1. The molecular formula is C25H29N3O4. The maximum absolute atomic E-state index is 12.4. The van der Waals surface area contributed by atoms with Gasteiger partial charge in [-0.1, -0.05) is 12.1 Å². The van der Waals surface area contributed by atoms with Gasteiger partial charge in [-0.05, 0) is 55.3 Å². The molecule has 7 nitrogen and oxygen atoms in total. The number of rotatable bonds is 7. The van der Waals surface area contributed by atoms with Gasteiger partial charge in [-0.15, -0.1) is 0 Å². The summed E-state index contributed by atoms with van der Waals surface area (Å²) in [5, 5.41) is 3.87. The van der Waals surface area contributed by atoms with E-state index in [1.807, 2.05) is 50.2 Å². The van der Waals surface area contributed by atoms with Crippen molar-refractivity contribution < 1.29 is 13.9 Å². The molecule has 168 valence electrons. The maximum atomic E-state index is 12.4. The normalized spacial score (nSPS) is 15.1. The van der Waals surface area contributed by atoms with E-state index >= 15 is 0 Å². The number of fused-ring (bicyclic) bond motifs is 1. The maximum Gasteiger partial charge on any atom is 0.336 e. The highest BCUT2D eigenvalue weighted by Crippen LogP contribution is 2.24. The molecule has 1 aliphatic heterocycles. The fourth-order valence-electron chi connectivity index (χ4n) is 4.07. The first-order chi connectivity index (χ1) is 15.5. The van der Waals surface area contributed by atoms with Crippen LogP contribution in [0.25, 0.3) is 11.0 Å². The number of benzene rings is 2. The van der Waals surface area contributed by atoms with Crippen molar-refractivity contribution in [1.29, 1.82) is 0 Å². The van der Waals surface area contributed by atoms with Crippen molar-refractivity contribution in [3.05, 3.63) is 70.1 Å². The van der Waals surface area contributed by atoms with E-state index < -0.39 is 0 Å². The van der Waals surface area contributed by atoms with Crippen molar-refractivity contribution in [2.45, 2.75) is 20.4 Å². The van der Waals surface area contributed by atoms with Gasteiger partial charge in [-0.3, -0.25) is 14.6 Å². The molecule has 0 unspecified atom stereocenters. The zero-order valence-corrected chi connectivity index (χ0v) is 18.6. The summed E-state index contributed by atoms with van der Waals surface area (Å²) < 4.78 is 11.0. The van der Waals surface area contributed by atoms with Crippen molar-refractivity contribution in [3.63, 3.8) is 0 Å². The Labute approximate surface area is 187 Å². The van der Waals surface area contributed by atoms with Gasteiger partial charge in [0.15, 0.2) is 0 Å². The molecule has 1 aliphatic rings. The predicted octanol–water partition coefficient (Wildman–Crippen LogP) is 3.26. The van der Waals surface area contributed by atoms with E-state index in [-0.39, 0.29) is 11.5 Å². The first-order valence-electron chi connectivity index (χ1n) is 11.0. The van der Waals surface area contributed by atoms with Crippen LogP contribution >= 0.6 is 0 Å². The smallest absolute Gasteiger partial charge is 0.336 e. The fraction of sp³-hybridized carbons (Fsp3) is 0.360. The number of ether oxygens (including phenoxy) is 1. The van der Waals surface area contributed by atoms with Crippen LogP contribution in [0.2, 0.25) is 0 Å². The molecule has 1 saturated heterocycles. The van der Waals surface area contributed by atoms with Gasteiger partial charge in [0.25, 0.3) is 0 Å². The van der Waals surface area contributed by atoms with Gasteiger partial charge in [0.2, 0.25) is 5.91 Å². The number of piperazine rings is 1. The van der Waals surface area contributed by atoms with Crippen LogP contribution in [0.15, 0.2) is 57.7 Å². The van der Waals surface area contributed by atoms with Crippen molar-refractivity contribution >= 4 is 22.6 Å². The van der Waals surface area contributed by atoms with E-state index in [9.17, 15) is 9.59 Å². The molecule has 1 amide bonds. The van der Waals surface area contributed by atoms with Crippen LogP contribution in [0.4, 0.5) is 5.69 Å². The molecule has 1 fully saturated rings. The molecule has 0 radical (unpaired) electrons. The molecule has 4 rings (SSSR count). The average Bonchev–Trinajstić information content (AvgIpc) is 2.75. The fourth-order valence-corrected chi connectivity index (χ4v) is 4.07. The third-order valence-electron chi connectivity index (χ3n) is 5.64. The Morgan fingerprint density at radius 2 is 1.84 bits per heavy atom. The summed E-state index contributed by atoms with van der Waals surface area (Å²) in [5.41, 5.74) is 3.11. The predicted molar refractivity (Wildman–Crippen MR) is 125 cm³/mol. The standard InChI is InChI=1S/C25H29N3O4/c1-3-31-21-7-8-23-22(15-21)19(14-25(30)32-23)16-27-9-11-28(12-10-27)17-24(29)26-20-6-4-5-18(2)13-20/h4-8,13-15H,3,9-12,16-17H2,1-2H3,(H,26,29). The summed E-state index contributed by atoms with van der Waals surface area (Å²) >= 11 is 0. The van der Waals surface area contributed by atoms with Crippen molar-refractivity contribution in [2.24, 2.45) is 0 Å². The first kappa shape index (κ1) is 22.0. The molecular weight excluding hydrogens is 406 g/mol. The second-order valence-corrected chi connectivity index (χ2v) is 8.15. The highest BCUT2D eigenvalue weighted by molar-refractivity contribution is 5.92. The zero-order chi connectivity index (χ0) is 22.5. The lowest BCUT2D eigenvalue weighted by atomic mass is 10.1. The van der Waals surface area contributed by atoms with Crippen molar-refractivity contribution in [1.82, 2.24) is 9.80 Å². The Kier molecular flexibility index (Phi) is 6.87. The van der Waals surface area contributed by atoms with Gasteiger partial charge in [0, 0.05) is 49.9 Å². The lowest BCUT2D eigenvalue weighted by Gasteiger charge is -2.34. The van der Waals surface area contributed by atoms with Gasteiger partial charge >= 0.3 is 5.63 Å². The van der Waals surface area contributed by atoms with Crippen molar-refractivity contribution in [3.8, 4) is 5.75 Å². The quantitative estimate of drug-likeness (QED) is 0.574. The largest absolute Gasteiger partial charge is 0.494 e. The average molecular weight is 436 g/mol. The third-order valence-corrected chi connectivity index (χ3v) is 5.64. The minimum Gasteiger partial charge on any atom is -0.494 e. The summed E-state index contributed by atoms with van der Waals surface area (Å²) in [5.74, 6) is 0.763. The first-order valence-corrected chi connectivity index (χ1v) is 11.0. The van der Waals surface area contributed by atoms with Crippen LogP contribution in [0.3, 0.4) is 0 Å². The Balaban J connectivity index is 1.35. The van der Waals surface area contributed by atoms with Gasteiger partial charge < -0.3 is 14.5 Å². The molecule has 0 atom stereocenters. The molecule has 2 heterocycles. The van der Waals surface area contributed by atoms with Crippen molar-refractivity contribution in [2.75, 3.05) is 44.6 Å². The molecule has 1 aromatic heterocycles. The van der Waals surface area contributed by atoms with Crippen LogP contribution < -0.4 is 15.7 Å². The summed E-state index contributed by atoms with van der Waals surface area (Å²) in [6, 6.07) is 14.9. The van der Waals surface area contributed by atoms with E-state index in [0.717, 1.165) is 54.1 Å². The number of aryl methyl sites for hydroxylation is 1. The Hall–Kier alpha value is -3.16. The Morgan fingerprint density at radius 3 is 2.59 bits per heavy atom. The highest BCUT2D eigenvalue weighted by atomic mass is 16.5. The van der Waals surface area contributed by atoms with E-state index in [4.69, 9.17) is 9.15 Å². The van der Waals surface area contributed by atoms with Gasteiger partial charge in [0.1, 0.15) is 11.3 Å². The third kappa shape index (κ3) is 5.55. The lowest BCUT2D eigenvalue weighted by molar-refractivity contribution is -0.117. The van der Waals surface area contributed by atoms with Crippen LogP contribution in [0, 0.1) is 6.92 Å². The molecule has 3 aromatic rings. The summed E-state index contributed by atoms with van der Waals surface area (Å²) in [6.07, 6.45) is 0. The van der Waals surface area contributed by atoms with Crippen LogP contribution in [-0.4, -0.2) is 55.0 Å². The number of anilines is 1. The van der Waals surface area contributed by atoms with E-state index in [1.165, 1.54) is 0 Å². The second-order valence-electron chi connectivity index (χ2n) is 8.15. The Morgan fingerprint density at radius 1 is 1.06 bits per heavy atom.